The average molecular weight is 448 g/mol. The molecule has 1 aromatic carbocycles. The Hall–Kier alpha value is -4.41. The molecule has 1 unspecified atom stereocenters. The third kappa shape index (κ3) is 4.20. The fraction of sp³-hybridized carbons (Fsp3) is 0.227. The number of aromatic amines is 1. The van der Waals surface area contributed by atoms with Crippen LogP contribution in [0.2, 0.25) is 0 Å². The van der Waals surface area contributed by atoms with E-state index in [0.717, 1.165) is 23.3 Å². The van der Waals surface area contributed by atoms with Crippen LogP contribution in [-0.4, -0.2) is 43.4 Å². The van der Waals surface area contributed by atoms with E-state index in [0.29, 0.717) is 24.0 Å². The van der Waals surface area contributed by atoms with E-state index in [9.17, 15) is 10.1 Å². The molecule has 0 aliphatic carbocycles. The highest BCUT2D eigenvalue weighted by Gasteiger charge is 2.33. The van der Waals surface area contributed by atoms with Gasteiger partial charge < -0.3 is 26.7 Å². The van der Waals surface area contributed by atoms with Crippen LogP contribution >= 0.6 is 0 Å². The molecule has 170 valence electrons. The minimum absolute atomic E-state index is 0.173. The predicted octanol–water partition coefficient (Wildman–Crippen LogP) is 2.81. The number of anilines is 2. The predicted molar refractivity (Wildman–Crippen MR) is 128 cm³/mol. The van der Waals surface area contributed by atoms with E-state index in [1.165, 1.54) is 17.7 Å². The topological polar surface area (TPSA) is 164 Å². The Morgan fingerprint density at radius 3 is 2.52 bits per heavy atom. The van der Waals surface area contributed by atoms with Crippen LogP contribution in [0.4, 0.5) is 17.3 Å². The molecule has 2 aromatic heterocycles. The number of nitrogens with one attached hydrogen (secondary N) is 2. The summed E-state index contributed by atoms with van der Waals surface area (Å²) >= 11 is 0. The van der Waals surface area contributed by atoms with Crippen molar-refractivity contribution in [1.82, 2.24) is 19.9 Å². The second kappa shape index (κ2) is 8.99. The van der Waals surface area contributed by atoms with Gasteiger partial charge in [-0.2, -0.15) is 0 Å². The molecule has 11 nitrogen and oxygen atoms in total. The summed E-state index contributed by atoms with van der Waals surface area (Å²) < 4.78 is 0. The third-order valence-corrected chi connectivity index (χ3v) is 5.51. The lowest BCUT2D eigenvalue weighted by Crippen LogP contribution is -2.51. The maximum atomic E-state index is 11.1. The van der Waals surface area contributed by atoms with Crippen molar-refractivity contribution < 1.29 is 4.92 Å². The first kappa shape index (κ1) is 21.8. The lowest BCUT2D eigenvalue weighted by molar-refractivity contribution is -0.384. The first-order valence-electron chi connectivity index (χ1n) is 10.5. The number of nitrogen functional groups attached to an aromatic ring is 1. The number of aryl methyl sites for hydroxylation is 1. The fourth-order valence-electron chi connectivity index (χ4n) is 3.79. The largest absolute Gasteiger partial charge is 0.378 e. The van der Waals surface area contributed by atoms with Gasteiger partial charge in [-0.3, -0.25) is 10.1 Å². The van der Waals surface area contributed by atoms with Crippen LogP contribution in [0, 0.1) is 10.1 Å². The number of hydrogen-bond acceptors (Lipinski definition) is 9. The molecule has 4 rings (SSSR count). The van der Waals surface area contributed by atoms with E-state index in [4.69, 9.17) is 16.5 Å². The number of aliphatic imine (C=N–C) groups is 1. The van der Waals surface area contributed by atoms with Crippen LogP contribution < -0.4 is 16.8 Å². The highest BCUT2D eigenvalue weighted by molar-refractivity contribution is 6.01. The molecule has 3 heterocycles. The Morgan fingerprint density at radius 1 is 1.18 bits per heavy atom. The van der Waals surface area contributed by atoms with Crippen molar-refractivity contribution in [2.75, 3.05) is 17.6 Å². The Kier molecular flexibility index (Phi) is 5.94. The molecule has 6 N–H and O–H groups in total. The van der Waals surface area contributed by atoms with Crippen molar-refractivity contribution in [1.29, 1.82) is 0 Å². The van der Waals surface area contributed by atoms with Gasteiger partial charge in [0.1, 0.15) is 12.0 Å². The van der Waals surface area contributed by atoms with Gasteiger partial charge in [-0.05, 0) is 25.0 Å². The lowest BCUT2D eigenvalue weighted by atomic mass is 9.98. The minimum atomic E-state index is -0.566. The summed E-state index contributed by atoms with van der Waals surface area (Å²) in [5.41, 5.74) is 16.3. The number of likely N-dealkylation sites (N-methyl/N-ethyl adjacent to an activating group) is 1. The first-order valence-corrected chi connectivity index (χ1v) is 10.5. The highest BCUT2D eigenvalue weighted by atomic mass is 16.6. The Bertz CT molecular complexity index is 1220. The maximum Gasteiger partial charge on any atom is 0.311 e. The average Bonchev–Trinajstić information content (AvgIpc) is 3.33. The zero-order chi connectivity index (χ0) is 23.5. The smallest absolute Gasteiger partial charge is 0.311 e. The summed E-state index contributed by atoms with van der Waals surface area (Å²) in [6, 6.07) is 11.0. The van der Waals surface area contributed by atoms with Crippen molar-refractivity contribution in [3.8, 4) is 0 Å². The van der Waals surface area contributed by atoms with Crippen LogP contribution in [0.3, 0.4) is 0 Å². The SMILES string of the molecule is CCc1ccc(C2=C(c3cnc[nH]3)C(Nc3ccc([N+](=O)[O-])c(N)n3)N(CC)C(N)=N2)cc1. The van der Waals surface area contributed by atoms with Gasteiger partial charge in [-0.15, -0.1) is 0 Å². The summed E-state index contributed by atoms with van der Waals surface area (Å²) in [6.45, 7) is 4.61. The van der Waals surface area contributed by atoms with Crippen molar-refractivity contribution in [2.45, 2.75) is 26.4 Å². The molecule has 3 aromatic rings. The molecule has 0 spiro atoms. The number of nitrogens with two attached hydrogens (primary N) is 2. The number of aromatic nitrogens is 3. The normalized spacial score (nSPS) is 16.0. The molecule has 1 aliphatic rings. The van der Waals surface area contributed by atoms with Crippen molar-refractivity contribution in [2.24, 2.45) is 10.7 Å². The molecule has 0 amide bonds. The van der Waals surface area contributed by atoms with E-state index in [1.54, 1.807) is 12.5 Å². The number of benzene rings is 1. The monoisotopic (exact) mass is 447 g/mol. The van der Waals surface area contributed by atoms with Gasteiger partial charge in [0, 0.05) is 23.7 Å². The van der Waals surface area contributed by atoms with Crippen LogP contribution in [0.25, 0.3) is 11.3 Å². The fourth-order valence-corrected chi connectivity index (χ4v) is 3.79. The zero-order valence-electron chi connectivity index (χ0n) is 18.3. The maximum absolute atomic E-state index is 11.1. The number of nitro groups is 1. The van der Waals surface area contributed by atoms with Gasteiger partial charge in [0.15, 0.2) is 5.96 Å². The number of pyridine rings is 1. The van der Waals surface area contributed by atoms with Gasteiger partial charge in [0.2, 0.25) is 5.82 Å². The molecule has 0 saturated carbocycles. The lowest BCUT2D eigenvalue weighted by Gasteiger charge is -2.37. The summed E-state index contributed by atoms with van der Waals surface area (Å²) in [7, 11) is 0. The number of hydrogen-bond donors (Lipinski definition) is 4. The van der Waals surface area contributed by atoms with E-state index in [1.807, 2.05) is 24.0 Å². The number of nitrogens with zero attached hydrogens (tertiary/aromatic N) is 5. The van der Waals surface area contributed by atoms with Crippen LogP contribution in [0.1, 0.15) is 30.7 Å². The van der Waals surface area contributed by atoms with E-state index in [2.05, 4.69) is 39.3 Å². The molecular formula is C22H25N9O2. The Balaban J connectivity index is 1.85. The summed E-state index contributed by atoms with van der Waals surface area (Å²) in [5.74, 6) is 0.532. The van der Waals surface area contributed by atoms with Gasteiger partial charge in [-0.1, -0.05) is 31.2 Å². The number of rotatable bonds is 7. The van der Waals surface area contributed by atoms with Gasteiger partial charge in [0.25, 0.3) is 0 Å². The number of imidazole rings is 1. The van der Waals surface area contributed by atoms with E-state index in [-0.39, 0.29) is 11.5 Å². The Labute approximate surface area is 190 Å². The molecule has 0 saturated heterocycles. The molecule has 1 aliphatic heterocycles. The Morgan fingerprint density at radius 2 is 1.94 bits per heavy atom. The quantitative estimate of drug-likeness (QED) is 0.317. The van der Waals surface area contributed by atoms with Crippen molar-refractivity contribution >= 4 is 34.6 Å². The van der Waals surface area contributed by atoms with Gasteiger partial charge in [0.05, 0.1) is 28.8 Å². The summed E-state index contributed by atoms with van der Waals surface area (Å²) in [5, 5.41) is 14.4. The van der Waals surface area contributed by atoms with Crippen LogP contribution in [-0.2, 0) is 6.42 Å². The third-order valence-electron chi connectivity index (χ3n) is 5.51. The summed E-state index contributed by atoms with van der Waals surface area (Å²) in [4.78, 5) is 28.7. The number of guanidine groups is 1. The van der Waals surface area contributed by atoms with Crippen molar-refractivity contribution in [3.63, 3.8) is 0 Å². The molecule has 1 atom stereocenters. The van der Waals surface area contributed by atoms with Gasteiger partial charge >= 0.3 is 5.69 Å². The summed E-state index contributed by atoms with van der Waals surface area (Å²) in [6.07, 6.45) is 3.76. The minimum Gasteiger partial charge on any atom is -0.378 e. The molecule has 0 bridgehead atoms. The van der Waals surface area contributed by atoms with E-state index < -0.39 is 11.1 Å². The molecular weight excluding hydrogens is 422 g/mol. The van der Waals surface area contributed by atoms with Crippen LogP contribution in [0.15, 0.2) is 53.9 Å². The molecule has 0 fully saturated rings. The first-order chi connectivity index (χ1) is 15.9. The van der Waals surface area contributed by atoms with Crippen LogP contribution in [0.5, 0.6) is 0 Å². The second-order valence-electron chi connectivity index (χ2n) is 7.44. The zero-order valence-corrected chi connectivity index (χ0v) is 18.3. The highest BCUT2D eigenvalue weighted by Crippen LogP contribution is 2.35. The van der Waals surface area contributed by atoms with Gasteiger partial charge in [-0.25, -0.2) is 15.0 Å². The van der Waals surface area contributed by atoms with Crippen molar-refractivity contribution in [3.05, 3.63) is 75.9 Å². The molecule has 0 radical (unpaired) electrons. The number of H-pyrrole nitrogens is 1. The van der Waals surface area contributed by atoms with E-state index >= 15 is 0 Å². The molecule has 33 heavy (non-hydrogen) atoms. The standard InChI is InChI=1S/C22H25N9O2/c1-3-13-5-7-14(8-6-13)19-18(15-11-25-12-26-15)21(30(4-2)22(24)29-19)28-17-10-9-16(31(32)33)20(23)27-17/h5-12,21H,3-4H2,1-2H3,(H2,24,29)(H,25,26)(H3,23,27,28). The molecule has 11 heteroatoms. The second-order valence-corrected chi connectivity index (χ2v) is 7.44.